The minimum Gasteiger partial charge on any atom is -0.0467 e. The van der Waals surface area contributed by atoms with Gasteiger partial charge in [0, 0.05) is 0 Å². The first kappa shape index (κ1) is 6.55. The molecule has 8 aliphatic carbocycles. The van der Waals surface area contributed by atoms with Crippen molar-refractivity contribution in [1.29, 1.82) is 0 Å². The second-order valence-corrected chi connectivity index (χ2v) is 7.58. The van der Waals surface area contributed by atoms with Crippen molar-refractivity contribution >= 4 is 0 Å². The average molecular weight is 186 g/mol. The maximum absolute atomic E-state index is 1.69. The normalized spacial score (nSPS) is 84.0. The minimum absolute atomic E-state index is 0.973. The first-order valence-electron chi connectivity index (χ1n) is 6.86. The molecule has 8 fully saturated rings. The van der Waals surface area contributed by atoms with Crippen LogP contribution in [0.1, 0.15) is 38.5 Å². The van der Waals surface area contributed by atoms with Gasteiger partial charge in [-0.2, -0.15) is 0 Å². The minimum atomic E-state index is 0.973. The van der Waals surface area contributed by atoms with Crippen molar-refractivity contribution in [2.24, 2.45) is 46.3 Å². The number of rotatable bonds is 0. The maximum atomic E-state index is 1.69. The lowest BCUT2D eigenvalue weighted by atomic mass is 9.30. The van der Waals surface area contributed by atoms with E-state index in [9.17, 15) is 0 Å². The molecule has 0 radical (unpaired) electrons. The molecule has 0 heteroatoms. The Labute approximate surface area is 85.4 Å². The second kappa shape index (κ2) is 1.44. The molecule has 8 atom stereocenters. The monoisotopic (exact) mass is 186 g/mol. The summed E-state index contributed by atoms with van der Waals surface area (Å²) in [5, 5.41) is 0. The molecule has 0 amide bonds. The predicted molar refractivity (Wildman–Crippen MR) is 53.5 cm³/mol. The van der Waals surface area contributed by atoms with Gasteiger partial charge in [-0.05, 0) is 84.9 Å². The first-order chi connectivity index (χ1) is 6.86. The molecule has 0 aromatic heterocycles. The summed E-state index contributed by atoms with van der Waals surface area (Å²) in [5.74, 6) is 7.47. The fraction of sp³-hybridized carbons (Fsp3) is 1.00. The fourth-order valence-corrected chi connectivity index (χ4v) is 8.44. The van der Waals surface area contributed by atoms with Crippen LogP contribution in [0.25, 0.3) is 0 Å². The summed E-state index contributed by atoms with van der Waals surface area (Å²) in [6.07, 6.45) is 10.1. The molecule has 14 heavy (non-hydrogen) atoms. The molecule has 0 heterocycles. The van der Waals surface area contributed by atoms with Crippen LogP contribution in [-0.2, 0) is 0 Å². The fourth-order valence-electron chi connectivity index (χ4n) is 8.44. The first-order valence-corrected chi connectivity index (χ1v) is 6.86. The van der Waals surface area contributed by atoms with Crippen molar-refractivity contribution in [3.8, 4) is 0 Å². The van der Waals surface area contributed by atoms with Crippen LogP contribution in [-0.4, -0.2) is 0 Å². The molecule has 0 aliphatic heterocycles. The molecule has 0 aromatic carbocycles. The van der Waals surface area contributed by atoms with Crippen LogP contribution in [0.4, 0.5) is 0 Å². The molecule has 0 aromatic rings. The Balaban J connectivity index is 1.74. The van der Waals surface area contributed by atoms with Crippen molar-refractivity contribution in [1.82, 2.24) is 0 Å². The third kappa shape index (κ3) is 0.333. The van der Waals surface area contributed by atoms with E-state index < -0.39 is 0 Å². The van der Waals surface area contributed by atoms with Gasteiger partial charge in [-0.25, -0.2) is 0 Å². The number of hydrogen-bond acceptors (Lipinski definition) is 0. The molecule has 8 saturated carbocycles. The highest BCUT2D eigenvalue weighted by molar-refractivity contribution is 5.37. The lowest BCUT2D eigenvalue weighted by Gasteiger charge is -2.74. The second-order valence-electron chi connectivity index (χ2n) is 7.58. The van der Waals surface area contributed by atoms with Crippen molar-refractivity contribution in [3.05, 3.63) is 0 Å². The van der Waals surface area contributed by atoms with Gasteiger partial charge in [0.05, 0.1) is 0 Å². The zero-order valence-electron chi connectivity index (χ0n) is 8.71. The van der Waals surface area contributed by atoms with Crippen LogP contribution in [0, 0.1) is 46.3 Å². The zero-order chi connectivity index (χ0) is 8.71. The number of hydrogen-bond donors (Lipinski definition) is 0. The standard InChI is InChI=1S/C14H18/c1-2-14-10-4-7-3-9(10)12(14)13(1)6-8(7)5-11(13)14/h7-12H,1-6H2. The Hall–Kier alpha value is 0. The summed E-state index contributed by atoms with van der Waals surface area (Å²) in [6, 6.07) is 0. The van der Waals surface area contributed by atoms with Crippen molar-refractivity contribution in [2.45, 2.75) is 38.5 Å². The summed E-state index contributed by atoms with van der Waals surface area (Å²) in [7, 11) is 0. The number of fused-ring (bicyclic) bond motifs is 1. The van der Waals surface area contributed by atoms with Crippen LogP contribution in [0.5, 0.6) is 0 Å². The largest absolute Gasteiger partial charge is 0.0467 e. The van der Waals surface area contributed by atoms with Gasteiger partial charge >= 0.3 is 0 Å². The molecule has 0 nitrogen and oxygen atoms in total. The summed E-state index contributed by atoms with van der Waals surface area (Å²) in [5.41, 5.74) is 1.96. The third-order valence-electron chi connectivity index (χ3n) is 8.18. The van der Waals surface area contributed by atoms with Gasteiger partial charge in [0.25, 0.3) is 0 Å². The van der Waals surface area contributed by atoms with Crippen LogP contribution >= 0.6 is 0 Å². The van der Waals surface area contributed by atoms with Gasteiger partial charge in [0.15, 0.2) is 0 Å². The Bertz CT molecular complexity index is 372. The molecule has 2 spiro atoms. The average Bonchev–Trinajstić information content (AvgIpc) is 2.71. The highest BCUT2D eigenvalue weighted by atomic mass is 14.9. The Morgan fingerprint density at radius 1 is 0.929 bits per heavy atom. The van der Waals surface area contributed by atoms with E-state index >= 15 is 0 Å². The topological polar surface area (TPSA) is 0 Å². The summed E-state index contributed by atoms with van der Waals surface area (Å²) < 4.78 is 0. The molecule has 74 valence electrons. The van der Waals surface area contributed by atoms with E-state index in [0.29, 0.717) is 0 Å². The van der Waals surface area contributed by atoms with Crippen molar-refractivity contribution in [2.75, 3.05) is 0 Å². The third-order valence-corrected chi connectivity index (χ3v) is 8.18. The van der Waals surface area contributed by atoms with E-state index in [1.54, 1.807) is 38.5 Å². The lowest BCUT2D eigenvalue weighted by Crippen LogP contribution is -2.70. The van der Waals surface area contributed by atoms with Gasteiger partial charge < -0.3 is 0 Å². The molecule has 8 aliphatic rings. The molecule has 8 unspecified atom stereocenters. The quantitative estimate of drug-likeness (QED) is 0.545. The van der Waals surface area contributed by atoms with Crippen molar-refractivity contribution in [3.63, 3.8) is 0 Å². The van der Waals surface area contributed by atoms with E-state index in [-0.39, 0.29) is 0 Å². The smallest absolute Gasteiger partial charge is 0.0196 e. The molecular weight excluding hydrogens is 168 g/mol. The van der Waals surface area contributed by atoms with Gasteiger partial charge in [-0.3, -0.25) is 0 Å². The zero-order valence-corrected chi connectivity index (χ0v) is 8.71. The van der Waals surface area contributed by atoms with Gasteiger partial charge in [0.2, 0.25) is 0 Å². The SMILES string of the molecule is C1C2CC3C1C1C45CCC31C4CC2C5. The van der Waals surface area contributed by atoms with Gasteiger partial charge in [0.1, 0.15) is 0 Å². The maximum Gasteiger partial charge on any atom is -0.0196 e. The molecule has 0 N–H and O–H groups in total. The van der Waals surface area contributed by atoms with E-state index in [2.05, 4.69) is 0 Å². The van der Waals surface area contributed by atoms with E-state index in [1.165, 1.54) is 35.5 Å². The molecule has 0 saturated heterocycles. The van der Waals surface area contributed by atoms with Gasteiger partial charge in [-0.15, -0.1) is 0 Å². The van der Waals surface area contributed by atoms with Crippen LogP contribution in [0.15, 0.2) is 0 Å². The van der Waals surface area contributed by atoms with Crippen LogP contribution in [0.3, 0.4) is 0 Å². The highest BCUT2D eigenvalue weighted by Gasteiger charge is 2.89. The van der Waals surface area contributed by atoms with Crippen LogP contribution in [0.2, 0.25) is 0 Å². The summed E-state index contributed by atoms with van der Waals surface area (Å²) in [4.78, 5) is 0. The molecular formula is C14H18. The molecule has 7 bridgehead atoms. The molecule has 8 rings (SSSR count). The lowest BCUT2D eigenvalue weighted by molar-refractivity contribution is -0.273. The Morgan fingerprint density at radius 3 is 2.93 bits per heavy atom. The van der Waals surface area contributed by atoms with Gasteiger partial charge in [-0.1, -0.05) is 0 Å². The van der Waals surface area contributed by atoms with Crippen molar-refractivity contribution < 1.29 is 0 Å². The summed E-state index contributed by atoms with van der Waals surface area (Å²) in [6.45, 7) is 0. The Kier molecular flexibility index (Phi) is 0.676. The highest BCUT2D eigenvalue weighted by Crippen LogP contribution is 2.95. The Morgan fingerprint density at radius 2 is 1.93 bits per heavy atom. The van der Waals surface area contributed by atoms with Crippen LogP contribution < -0.4 is 0 Å². The predicted octanol–water partition coefficient (Wildman–Crippen LogP) is 3.08. The van der Waals surface area contributed by atoms with E-state index in [0.717, 1.165) is 10.8 Å². The van der Waals surface area contributed by atoms with E-state index in [4.69, 9.17) is 0 Å². The van der Waals surface area contributed by atoms with E-state index in [1.807, 2.05) is 0 Å². The summed E-state index contributed by atoms with van der Waals surface area (Å²) >= 11 is 0.